The zero-order chi connectivity index (χ0) is 18.4. The van der Waals surface area contributed by atoms with Crippen molar-refractivity contribution in [3.8, 4) is 0 Å². The van der Waals surface area contributed by atoms with Crippen LogP contribution in [0, 0.1) is 0 Å². The van der Waals surface area contributed by atoms with Gasteiger partial charge in [-0.05, 0) is 19.1 Å². The molecule has 2 heterocycles. The van der Waals surface area contributed by atoms with Gasteiger partial charge in [0.25, 0.3) is 5.91 Å². The third kappa shape index (κ3) is 4.13. The summed E-state index contributed by atoms with van der Waals surface area (Å²) in [6.07, 6.45) is 1.46. The predicted molar refractivity (Wildman–Crippen MR) is 91.4 cm³/mol. The van der Waals surface area contributed by atoms with Crippen molar-refractivity contribution < 1.29 is 23.9 Å². The summed E-state index contributed by atoms with van der Waals surface area (Å²) in [6, 6.07) is 4.81. The van der Waals surface area contributed by atoms with E-state index >= 15 is 0 Å². The van der Waals surface area contributed by atoms with Crippen LogP contribution in [0.4, 0.5) is 5.00 Å². The molecule has 0 fully saturated rings. The predicted octanol–water partition coefficient (Wildman–Crippen LogP) is 1.62. The number of nitrogens with one attached hydrogen (secondary N) is 1. The van der Waals surface area contributed by atoms with Crippen LogP contribution >= 0.6 is 11.3 Å². The lowest BCUT2D eigenvalue weighted by Gasteiger charge is -2.08. The molecule has 2 aromatic rings. The first kappa shape index (κ1) is 18.4. The van der Waals surface area contributed by atoms with Gasteiger partial charge in [-0.2, -0.15) is 0 Å². The van der Waals surface area contributed by atoms with E-state index < -0.39 is 17.8 Å². The standard InChI is InChI=1S/C16H17N3O5S/c1-3-23-16(22)11-9(12(14(20)18-2)25-13(11)17)8-24-15(21)10-6-4-5-7-19-10/h4-7H,3,8,17H2,1-2H3,(H,18,20). The molecule has 2 rings (SSSR count). The molecular weight excluding hydrogens is 346 g/mol. The smallest absolute Gasteiger partial charge is 0.357 e. The van der Waals surface area contributed by atoms with Gasteiger partial charge in [0.2, 0.25) is 0 Å². The zero-order valence-corrected chi connectivity index (χ0v) is 14.5. The molecule has 0 aliphatic carbocycles. The minimum atomic E-state index is -0.678. The Morgan fingerprint density at radius 2 is 2.00 bits per heavy atom. The fourth-order valence-electron chi connectivity index (χ4n) is 2.04. The van der Waals surface area contributed by atoms with E-state index in [1.54, 1.807) is 19.1 Å². The maximum absolute atomic E-state index is 12.1. The van der Waals surface area contributed by atoms with Crippen LogP contribution in [0.15, 0.2) is 24.4 Å². The van der Waals surface area contributed by atoms with Crippen LogP contribution in [0.3, 0.4) is 0 Å². The highest BCUT2D eigenvalue weighted by Gasteiger charge is 2.27. The summed E-state index contributed by atoms with van der Waals surface area (Å²) in [4.78, 5) is 40.3. The number of hydrogen-bond acceptors (Lipinski definition) is 8. The Morgan fingerprint density at radius 3 is 2.60 bits per heavy atom. The lowest BCUT2D eigenvalue weighted by molar-refractivity contribution is 0.0444. The number of pyridine rings is 1. The van der Waals surface area contributed by atoms with Crippen molar-refractivity contribution in [2.75, 3.05) is 19.4 Å². The molecule has 8 nitrogen and oxygen atoms in total. The number of hydrogen-bond donors (Lipinski definition) is 2. The third-order valence-electron chi connectivity index (χ3n) is 3.17. The van der Waals surface area contributed by atoms with Crippen LogP contribution < -0.4 is 11.1 Å². The van der Waals surface area contributed by atoms with Crippen molar-refractivity contribution >= 4 is 34.2 Å². The molecule has 3 N–H and O–H groups in total. The molecule has 0 saturated carbocycles. The minimum absolute atomic E-state index is 0.0410. The topological polar surface area (TPSA) is 121 Å². The monoisotopic (exact) mass is 363 g/mol. The molecule has 0 aliphatic rings. The van der Waals surface area contributed by atoms with Crippen LogP contribution in [0.25, 0.3) is 0 Å². The minimum Gasteiger partial charge on any atom is -0.462 e. The summed E-state index contributed by atoms with van der Waals surface area (Å²) in [7, 11) is 1.45. The van der Waals surface area contributed by atoms with Crippen molar-refractivity contribution in [3.05, 3.63) is 46.1 Å². The first-order valence-electron chi connectivity index (χ1n) is 7.38. The Kier molecular flexibility index (Phi) is 6.07. The third-order valence-corrected chi connectivity index (χ3v) is 4.23. The Labute approximate surface area is 148 Å². The van der Waals surface area contributed by atoms with Crippen molar-refractivity contribution in [2.45, 2.75) is 13.5 Å². The summed E-state index contributed by atoms with van der Waals surface area (Å²) >= 11 is 0.933. The fourth-order valence-corrected chi connectivity index (χ4v) is 3.05. The summed E-state index contributed by atoms with van der Waals surface area (Å²) in [6.45, 7) is 1.50. The molecule has 0 radical (unpaired) electrons. The Morgan fingerprint density at radius 1 is 1.24 bits per heavy atom. The van der Waals surface area contributed by atoms with Crippen LogP contribution in [0.2, 0.25) is 0 Å². The van der Waals surface area contributed by atoms with E-state index in [0.29, 0.717) is 0 Å². The maximum atomic E-state index is 12.1. The summed E-state index contributed by atoms with van der Waals surface area (Å²) in [5.74, 6) is -1.78. The molecular formula is C16H17N3O5S. The number of aromatic nitrogens is 1. The number of nitrogens with two attached hydrogens (primary N) is 1. The van der Waals surface area contributed by atoms with Crippen LogP contribution in [-0.2, 0) is 16.1 Å². The van der Waals surface area contributed by atoms with Crippen LogP contribution in [-0.4, -0.2) is 36.5 Å². The van der Waals surface area contributed by atoms with E-state index in [0.717, 1.165) is 11.3 Å². The molecule has 1 amide bonds. The van der Waals surface area contributed by atoms with Gasteiger partial charge in [0.05, 0.1) is 6.61 Å². The second kappa shape index (κ2) is 8.25. The number of ether oxygens (including phenoxy) is 2. The average molecular weight is 363 g/mol. The van der Waals surface area contributed by atoms with E-state index in [1.807, 2.05) is 0 Å². The number of carbonyl (C=O) groups is 3. The van der Waals surface area contributed by atoms with E-state index in [-0.39, 0.29) is 39.9 Å². The average Bonchev–Trinajstić information content (AvgIpc) is 2.96. The lowest BCUT2D eigenvalue weighted by atomic mass is 10.1. The molecule has 0 unspecified atom stereocenters. The maximum Gasteiger partial charge on any atom is 0.357 e. The molecule has 132 valence electrons. The SMILES string of the molecule is CCOC(=O)c1c(N)sc(C(=O)NC)c1COC(=O)c1ccccn1. The van der Waals surface area contributed by atoms with E-state index in [1.165, 1.54) is 19.3 Å². The number of rotatable bonds is 6. The van der Waals surface area contributed by atoms with E-state index in [4.69, 9.17) is 15.2 Å². The number of amides is 1. The Hall–Kier alpha value is -2.94. The first-order chi connectivity index (χ1) is 12.0. The number of carbonyl (C=O) groups excluding carboxylic acids is 3. The Balaban J connectivity index is 2.32. The van der Waals surface area contributed by atoms with Crippen LogP contribution in [0.1, 0.15) is 43.0 Å². The van der Waals surface area contributed by atoms with Crippen molar-refractivity contribution in [3.63, 3.8) is 0 Å². The number of thiophene rings is 1. The zero-order valence-electron chi connectivity index (χ0n) is 13.7. The van der Waals surface area contributed by atoms with E-state index in [9.17, 15) is 14.4 Å². The normalized spacial score (nSPS) is 10.2. The number of nitrogen functional groups attached to an aromatic ring is 1. The molecule has 25 heavy (non-hydrogen) atoms. The van der Waals surface area contributed by atoms with Gasteiger partial charge in [0, 0.05) is 18.8 Å². The van der Waals surface area contributed by atoms with Gasteiger partial charge >= 0.3 is 11.9 Å². The van der Waals surface area contributed by atoms with E-state index in [2.05, 4.69) is 10.3 Å². The van der Waals surface area contributed by atoms with Gasteiger partial charge in [-0.1, -0.05) is 6.07 Å². The highest BCUT2D eigenvalue weighted by molar-refractivity contribution is 7.18. The van der Waals surface area contributed by atoms with Gasteiger partial charge in [-0.25, -0.2) is 14.6 Å². The Bertz CT molecular complexity index is 789. The van der Waals surface area contributed by atoms with Gasteiger partial charge in [0.1, 0.15) is 27.7 Å². The van der Waals surface area contributed by atoms with Crippen molar-refractivity contribution in [2.24, 2.45) is 0 Å². The molecule has 0 bridgehead atoms. The molecule has 0 spiro atoms. The quantitative estimate of drug-likeness (QED) is 0.748. The van der Waals surface area contributed by atoms with Gasteiger partial charge in [-0.15, -0.1) is 11.3 Å². The van der Waals surface area contributed by atoms with Crippen LogP contribution in [0.5, 0.6) is 0 Å². The molecule has 9 heteroatoms. The summed E-state index contributed by atoms with van der Waals surface area (Å²) in [5, 5.41) is 2.59. The van der Waals surface area contributed by atoms with Gasteiger partial charge in [-0.3, -0.25) is 4.79 Å². The number of anilines is 1. The molecule has 0 aromatic carbocycles. The highest BCUT2D eigenvalue weighted by Crippen LogP contribution is 2.32. The second-order valence-corrected chi connectivity index (χ2v) is 5.79. The summed E-state index contributed by atoms with van der Waals surface area (Å²) < 4.78 is 10.2. The molecule has 0 saturated heterocycles. The fraction of sp³-hybridized carbons (Fsp3) is 0.250. The second-order valence-electron chi connectivity index (χ2n) is 4.74. The van der Waals surface area contributed by atoms with Gasteiger partial charge < -0.3 is 20.5 Å². The lowest BCUT2D eigenvalue weighted by Crippen LogP contribution is -2.20. The van der Waals surface area contributed by atoms with Crippen molar-refractivity contribution in [1.29, 1.82) is 0 Å². The first-order valence-corrected chi connectivity index (χ1v) is 8.19. The highest BCUT2D eigenvalue weighted by atomic mass is 32.1. The molecule has 0 aliphatic heterocycles. The largest absolute Gasteiger partial charge is 0.462 e. The van der Waals surface area contributed by atoms with Gasteiger partial charge in [0.15, 0.2) is 0 Å². The molecule has 2 aromatic heterocycles. The number of esters is 2. The number of nitrogens with zero attached hydrogens (tertiary/aromatic N) is 1. The van der Waals surface area contributed by atoms with Crippen molar-refractivity contribution in [1.82, 2.24) is 10.3 Å². The summed E-state index contributed by atoms with van der Waals surface area (Å²) in [5.41, 5.74) is 6.24. The molecule has 0 atom stereocenters.